The van der Waals surface area contributed by atoms with Crippen molar-refractivity contribution in [2.45, 2.75) is 25.9 Å². The van der Waals surface area contributed by atoms with Crippen LogP contribution in [0.2, 0.25) is 0 Å². The van der Waals surface area contributed by atoms with E-state index in [0.717, 1.165) is 11.1 Å². The van der Waals surface area contributed by atoms with Crippen LogP contribution in [0.25, 0.3) is 0 Å². The zero-order chi connectivity index (χ0) is 13.7. The van der Waals surface area contributed by atoms with Gasteiger partial charge in [0.05, 0.1) is 6.42 Å². The van der Waals surface area contributed by atoms with E-state index in [2.05, 4.69) is 0 Å². The van der Waals surface area contributed by atoms with Gasteiger partial charge in [-0.05, 0) is 18.1 Å². The van der Waals surface area contributed by atoms with Crippen LogP contribution in [0.4, 0.5) is 0 Å². The second kappa shape index (κ2) is 6.16. The third-order valence-electron chi connectivity index (χ3n) is 2.81. The maximum Gasteiger partial charge on any atom is 0.321 e. The molecular weight excluding hydrogens is 232 g/mol. The SMILES string of the molecule is Cc1ccccc1CN(C)C(=O)CC(N)C(=O)O. The van der Waals surface area contributed by atoms with Gasteiger partial charge in [0.1, 0.15) is 6.04 Å². The monoisotopic (exact) mass is 250 g/mol. The number of hydrogen-bond acceptors (Lipinski definition) is 3. The Bertz CT molecular complexity index is 446. The number of carbonyl (C=O) groups excluding carboxylic acids is 1. The molecular formula is C13H18N2O3. The summed E-state index contributed by atoms with van der Waals surface area (Å²) in [6, 6.07) is 6.61. The molecule has 1 unspecified atom stereocenters. The molecule has 1 rings (SSSR count). The van der Waals surface area contributed by atoms with Gasteiger partial charge < -0.3 is 15.7 Å². The van der Waals surface area contributed by atoms with Crippen LogP contribution in [-0.2, 0) is 16.1 Å². The number of hydrogen-bond donors (Lipinski definition) is 2. The molecule has 0 radical (unpaired) electrons. The number of carbonyl (C=O) groups is 2. The molecule has 98 valence electrons. The topological polar surface area (TPSA) is 83.6 Å². The first-order valence-corrected chi connectivity index (χ1v) is 5.68. The molecule has 1 amide bonds. The number of rotatable bonds is 5. The van der Waals surface area contributed by atoms with E-state index in [1.54, 1.807) is 7.05 Å². The first-order chi connectivity index (χ1) is 8.41. The van der Waals surface area contributed by atoms with Gasteiger partial charge in [-0.2, -0.15) is 0 Å². The Labute approximate surface area is 106 Å². The highest BCUT2D eigenvalue weighted by Gasteiger charge is 2.19. The van der Waals surface area contributed by atoms with E-state index in [1.165, 1.54) is 4.90 Å². The highest BCUT2D eigenvalue weighted by Crippen LogP contribution is 2.10. The van der Waals surface area contributed by atoms with Crippen LogP contribution in [0.5, 0.6) is 0 Å². The van der Waals surface area contributed by atoms with Gasteiger partial charge in [-0.15, -0.1) is 0 Å². The summed E-state index contributed by atoms with van der Waals surface area (Å²) in [5.74, 6) is -1.43. The van der Waals surface area contributed by atoms with Crippen molar-refractivity contribution in [2.24, 2.45) is 5.73 Å². The molecule has 0 aliphatic rings. The highest BCUT2D eigenvalue weighted by molar-refractivity contribution is 5.84. The lowest BCUT2D eigenvalue weighted by Gasteiger charge is -2.19. The predicted molar refractivity (Wildman–Crippen MR) is 67.9 cm³/mol. The van der Waals surface area contributed by atoms with Crippen LogP contribution in [0.3, 0.4) is 0 Å². The number of carboxylic acid groups (broad SMARTS) is 1. The molecule has 1 aromatic carbocycles. The number of nitrogens with two attached hydrogens (primary N) is 1. The van der Waals surface area contributed by atoms with Gasteiger partial charge in [0.2, 0.25) is 5.91 Å². The third kappa shape index (κ3) is 3.85. The maximum absolute atomic E-state index is 11.8. The quantitative estimate of drug-likeness (QED) is 0.808. The van der Waals surface area contributed by atoms with Crippen molar-refractivity contribution in [3.8, 4) is 0 Å². The normalized spacial score (nSPS) is 11.9. The number of aliphatic carboxylic acids is 1. The number of aryl methyl sites for hydroxylation is 1. The Morgan fingerprint density at radius 1 is 1.39 bits per heavy atom. The van der Waals surface area contributed by atoms with Crippen LogP contribution in [-0.4, -0.2) is 35.0 Å². The molecule has 0 spiro atoms. The summed E-state index contributed by atoms with van der Waals surface area (Å²) < 4.78 is 0. The fraction of sp³-hybridized carbons (Fsp3) is 0.385. The van der Waals surface area contributed by atoms with Gasteiger partial charge in [0.25, 0.3) is 0 Å². The molecule has 3 N–H and O–H groups in total. The average molecular weight is 250 g/mol. The fourth-order valence-electron chi connectivity index (χ4n) is 1.56. The summed E-state index contributed by atoms with van der Waals surface area (Å²) in [6.07, 6.45) is -0.183. The minimum Gasteiger partial charge on any atom is -0.480 e. The van der Waals surface area contributed by atoms with Gasteiger partial charge in [0, 0.05) is 13.6 Å². The van der Waals surface area contributed by atoms with Crippen LogP contribution >= 0.6 is 0 Å². The van der Waals surface area contributed by atoms with E-state index in [1.807, 2.05) is 31.2 Å². The molecule has 1 aromatic rings. The predicted octanol–water partition coefficient (Wildman–Crippen LogP) is 0.755. The number of amides is 1. The number of benzene rings is 1. The molecule has 0 aliphatic carbocycles. The standard InChI is InChI=1S/C13H18N2O3/c1-9-5-3-4-6-10(9)8-15(2)12(16)7-11(14)13(17)18/h3-6,11H,7-8,14H2,1-2H3,(H,17,18). The van der Waals surface area contributed by atoms with E-state index >= 15 is 0 Å². The molecule has 0 aromatic heterocycles. The molecule has 5 heteroatoms. The number of nitrogens with zero attached hydrogens (tertiary/aromatic N) is 1. The number of carboxylic acids is 1. The van der Waals surface area contributed by atoms with Gasteiger partial charge in [-0.3, -0.25) is 9.59 Å². The molecule has 0 heterocycles. The van der Waals surface area contributed by atoms with Crippen LogP contribution in [0.1, 0.15) is 17.5 Å². The van der Waals surface area contributed by atoms with Gasteiger partial charge in [0.15, 0.2) is 0 Å². The van der Waals surface area contributed by atoms with Crippen molar-refractivity contribution >= 4 is 11.9 Å². The molecule has 0 saturated heterocycles. The largest absolute Gasteiger partial charge is 0.480 e. The highest BCUT2D eigenvalue weighted by atomic mass is 16.4. The van der Waals surface area contributed by atoms with Crippen molar-refractivity contribution < 1.29 is 14.7 Å². The third-order valence-corrected chi connectivity index (χ3v) is 2.81. The van der Waals surface area contributed by atoms with Crippen molar-refractivity contribution in [1.82, 2.24) is 4.90 Å². The van der Waals surface area contributed by atoms with Crippen molar-refractivity contribution in [3.05, 3.63) is 35.4 Å². The van der Waals surface area contributed by atoms with Gasteiger partial charge in [-0.25, -0.2) is 0 Å². The van der Waals surface area contributed by atoms with E-state index in [0.29, 0.717) is 6.54 Å². The molecule has 1 atom stereocenters. The summed E-state index contributed by atoms with van der Waals surface area (Å²) in [5, 5.41) is 8.65. The molecule has 0 bridgehead atoms. The average Bonchev–Trinajstić information content (AvgIpc) is 2.31. The Morgan fingerprint density at radius 2 is 2.00 bits per heavy atom. The Hall–Kier alpha value is -1.88. The van der Waals surface area contributed by atoms with Gasteiger partial charge in [-0.1, -0.05) is 24.3 Å². The van der Waals surface area contributed by atoms with Gasteiger partial charge >= 0.3 is 5.97 Å². The first kappa shape index (κ1) is 14.2. The molecule has 0 saturated carbocycles. The van der Waals surface area contributed by atoms with E-state index in [9.17, 15) is 9.59 Å². The lowest BCUT2D eigenvalue weighted by molar-refractivity contribution is -0.142. The summed E-state index contributed by atoms with van der Waals surface area (Å²) in [4.78, 5) is 23.8. The Morgan fingerprint density at radius 3 is 2.56 bits per heavy atom. The summed E-state index contributed by atoms with van der Waals surface area (Å²) in [5.41, 5.74) is 7.47. The van der Waals surface area contributed by atoms with E-state index in [4.69, 9.17) is 10.8 Å². The smallest absolute Gasteiger partial charge is 0.321 e. The Balaban J connectivity index is 2.60. The van der Waals surface area contributed by atoms with E-state index < -0.39 is 12.0 Å². The second-order valence-corrected chi connectivity index (χ2v) is 4.33. The van der Waals surface area contributed by atoms with Crippen molar-refractivity contribution in [1.29, 1.82) is 0 Å². The summed E-state index contributed by atoms with van der Waals surface area (Å²) >= 11 is 0. The maximum atomic E-state index is 11.8. The first-order valence-electron chi connectivity index (χ1n) is 5.68. The lowest BCUT2D eigenvalue weighted by atomic mass is 10.1. The Kier molecular flexibility index (Phi) is 4.85. The van der Waals surface area contributed by atoms with Crippen LogP contribution < -0.4 is 5.73 Å². The van der Waals surface area contributed by atoms with Crippen molar-refractivity contribution in [2.75, 3.05) is 7.05 Å². The van der Waals surface area contributed by atoms with Crippen molar-refractivity contribution in [3.63, 3.8) is 0 Å². The summed E-state index contributed by atoms with van der Waals surface area (Å²) in [7, 11) is 1.64. The minimum atomic E-state index is -1.16. The fourth-order valence-corrected chi connectivity index (χ4v) is 1.56. The molecule has 0 fully saturated rings. The second-order valence-electron chi connectivity index (χ2n) is 4.33. The molecule has 5 nitrogen and oxygen atoms in total. The van der Waals surface area contributed by atoms with E-state index in [-0.39, 0.29) is 12.3 Å². The zero-order valence-electron chi connectivity index (χ0n) is 10.6. The lowest BCUT2D eigenvalue weighted by Crippen LogP contribution is -2.37. The zero-order valence-corrected chi connectivity index (χ0v) is 10.6. The molecule has 0 aliphatic heterocycles. The summed E-state index contributed by atoms with van der Waals surface area (Å²) in [6.45, 7) is 2.43. The van der Waals surface area contributed by atoms with Crippen LogP contribution in [0, 0.1) is 6.92 Å². The minimum absolute atomic E-state index is 0.183. The van der Waals surface area contributed by atoms with Crippen LogP contribution in [0.15, 0.2) is 24.3 Å². The molecule has 18 heavy (non-hydrogen) atoms.